The number of rotatable bonds is 3. The Morgan fingerprint density at radius 2 is 2.32 bits per heavy atom. The zero-order valence-electron chi connectivity index (χ0n) is 11.0. The van der Waals surface area contributed by atoms with E-state index in [2.05, 4.69) is 4.90 Å². The van der Waals surface area contributed by atoms with E-state index < -0.39 is 4.92 Å². The first kappa shape index (κ1) is 13.8. The van der Waals surface area contributed by atoms with Gasteiger partial charge in [0.1, 0.15) is 5.69 Å². The fourth-order valence-electron chi connectivity index (χ4n) is 2.49. The molecule has 19 heavy (non-hydrogen) atoms. The Hall–Kier alpha value is -1.66. The van der Waals surface area contributed by atoms with Crippen molar-refractivity contribution < 1.29 is 10.0 Å². The van der Waals surface area contributed by atoms with Crippen molar-refractivity contribution in [1.82, 2.24) is 4.90 Å². The van der Waals surface area contributed by atoms with Gasteiger partial charge in [-0.2, -0.15) is 0 Å². The van der Waals surface area contributed by atoms with E-state index in [9.17, 15) is 15.2 Å². The van der Waals surface area contributed by atoms with Gasteiger partial charge in [-0.3, -0.25) is 15.0 Å². The van der Waals surface area contributed by atoms with Crippen LogP contribution < -0.4 is 5.73 Å². The summed E-state index contributed by atoms with van der Waals surface area (Å²) in [5, 5.41) is 20.4. The first-order chi connectivity index (χ1) is 8.97. The summed E-state index contributed by atoms with van der Waals surface area (Å²) in [6.45, 7) is 4.40. The Balaban J connectivity index is 2.04. The minimum Gasteiger partial charge on any atom is -0.393 e. The van der Waals surface area contributed by atoms with Crippen LogP contribution in [-0.4, -0.2) is 34.1 Å². The summed E-state index contributed by atoms with van der Waals surface area (Å²) in [5.74, 6) is 0.254. The average molecular weight is 265 g/mol. The van der Waals surface area contributed by atoms with Crippen LogP contribution in [0.4, 0.5) is 11.4 Å². The van der Waals surface area contributed by atoms with Gasteiger partial charge in [-0.25, -0.2) is 0 Å². The molecule has 1 aromatic carbocycles. The third kappa shape index (κ3) is 3.21. The zero-order chi connectivity index (χ0) is 14.0. The smallest absolute Gasteiger partial charge is 0.292 e. The molecule has 6 heteroatoms. The number of aliphatic hydroxyl groups is 1. The molecule has 0 aliphatic carbocycles. The van der Waals surface area contributed by atoms with Crippen molar-refractivity contribution in [1.29, 1.82) is 0 Å². The monoisotopic (exact) mass is 265 g/mol. The summed E-state index contributed by atoms with van der Waals surface area (Å²) in [7, 11) is 0. The first-order valence-electron chi connectivity index (χ1n) is 6.40. The second-order valence-electron chi connectivity index (χ2n) is 5.22. The number of nitrogen functional groups attached to an aromatic ring is 1. The van der Waals surface area contributed by atoms with Crippen LogP contribution in [0, 0.1) is 16.0 Å². The Kier molecular flexibility index (Phi) is 4.01. The normalized spacial score (nSPS) is 24.3. The van der Waals surface area contributed by atoms with Crippen LogP contribution in [0.2, 0.25) is 0 Å². The maximum absolute atomic E-state index is 10.7. The number of nitrogens with zero attached hydrogens (tertiary/aromatic N) is 2. The zero-order valence-corrected chi connectivity index (χ0v) is 11.0. The summed E-state index contributed by atoms with van der Waals surface area (Å²) in [4.78, 5) is 12.4. The standard InChI is InChI=1S/C13H19N3O3/c1-9-7-15(5-4-13(9)17)8-10-2-3-12(16(18)19)11(14)6-10/h2-3,6,9,13,17H,4-5,7-8,14H2,1H3. The molecule has 0 amide bonds. The van der Waals surface area contributed by atoms with E-state index in [4.69, 9.17) is 5.73 Å². The van der Waals surface area contributed by atoms with Gasteiger partial charge in [-0.1, -0.05) is 13.0 Å². The quantitative estimate of drug-likeness (QED) is 0.489. The third-order valence-corrected chi connectivity index (χ3v) is 3.64. The molecule has 1 aliphatic rings. The van der Waals surface area contributed by atoms with Crippen LogP contribution in [0.3, 0.4) is 0 Å². The van der Waals surface area contributed by atoms with Gasteiger partial charge >= 0.3 is 0 Å². The molecule has 0 saturated carbocycles. The highest BCUT2D eigenvalue weighted by Gasteiger charge is 2.24. The van der Waals surface area contributed by atoms with Gasteiger partial charge in [-0.05, 0) is 24.0 Å². The minimum absolute atomic E-state index is 0.0498. The fourth-order valence-corrected chi connectivity index (χ4v) is 2.49. The van der Waals surface area contributed by atoms with Crippen molar-refractivity contribution >= 4 is 11.4 Å². The minimum atomic E-state index is -0.474. The molecule has 1 aliphatic heterocycles. The molecule has 0 spiro atoms. The van der Waals surface area contributed by atoms with Crippen LogP contribution in [0.5, 0.6) is 0 Å². The van der Waals surface area contributed by atoms with Gasteiger partial charge in [0.2, 0.25) is 0 Å². The van der Waals surface area contributed by atoms with Gasteiger partial charge in [0.05, 0.1) is 11.0 Å². The van der Waals surface area contributed by atoms with E-state index >= 15 is 0 Å². The lowest BCUT2D eigenvalue weighted by Crippen LogP contribution is -2.41. The molecule has 0 radical (unpaired) electrons. The Morgan fingerprint density at radius 3 is 2.89 bits per heavy atom. The van der Waals surface area contributed by atoms with Crippen molar-refractivity contribution in [3.05, 3.63) is 33.9 Å². The topological polar surface area (TPSA) is 92.6 Å². The molecule has 1 saturated heterocycles. The summed E-state index contributed by atoms with van der Waals surface area (Å²) < 4.78 is 0. The summed E-state index contributed by atoms with van der Waals surface area (Å²) in [6.07, 6.45) is 0.544. The van der Waals surface area contributed by atoms with E-state index in [0.717, 1.165) is 25.1 Å². The van der Waals surface area contributed by atoms with Gasteiger partial charge in [0.25, 0.3) is 5.69 Å². The lowest BCUT2D eigenvalue weighted by atomic mass is 9.96. The molecule has 104 valence electrons. The van der Waals surface area contributed by atoms with E-state index in [0.29, 0.717) is 6.54 Å². The molecule has 1 heterocycles. The summed E-state index contributed by atoms with van der Waals surface area (Å²) >= 11 is 0. The van der Waals surface area contributed by atoms with E-state index in [1.807, 2.05) is 6.92 Å². The number of nitrogens with two attached hydrogens (primary N) is 1. The fraction of sp³-hybridized carbons (Fsp3) is 0.538. The largest absolute Gasteiger partial charge is 0.393 e. The third-order valence-electron chi connectivity index (χ3n) is 3.64. The molecule has 1 aromatic rings. The number of anilines is 1. The maximum atomic E-state index is 10.7. The van der Waals surface area contributed by atoms with Gasteiger partial charge < -0.3 is 10.8 Å². The Labute approximate surface area is 112 Å². The number of benzene rings is 1. The van der Waals surface area contributed by atoms with E-state index in [-0.39, 0.29) is 23.4 Å². The van der Waals surface area contributed by atoms with Crippen LogP contribution in [0.15, 0.2) is 18.2 Å². The highest BCUT2D eigenvalue weighted by molar-refractivity contribution is 5.59. The number of nitro groups is 1. The van der Waals surface area contributed by atoms with Gasteiger partial charge in [0.15, 0.2) is 0 Å². The predicted molar refractivity (Wildman–Crippen MR) is 72.6 cm³/mol. The number of hydrogen-bond donors (Lipinski definition) is 2. The molecule has 2 rings (SSSR count). The SMILES string of the molecule is CC1CN(Cc2ccc([N+](=O)[O-])c(N)c2)CCC1O. The van der Waals surface area contributed by atoms with Crippen LogP contribution in [-0.2, 0) is 6.54 Å². The van der Waals surface area contributed by atoms with Crippen LogP contribution in [0.25, 0.3) is 0 Å². The van der Waals surface area contributed by atoms with Gasteiger partial charge in [0, 0.05) is 25.7 Å². The van der Waals surface area contributed by atoms with Gasteiger partial charge in [-0.15, -0.1) is 0 Å². The Morgan fingerprint density at radius 1 is 1.58 bits per heavy atom. The molecule has 3 N–H and O–H groups in total. The van der Waals surface area contributed by atoms with E-state index in [1.54, 1.807) is 12.1 Å². The Bertz CT molecular complexity index is 478. The second-order valence-corrected chi connectivity index (χ2v) is 5.22. The molecule has 0 bridgehead atoms. The number of likely N-dealkylation sites (tertiary alicyclic amines) is 1. The lowest BCUT2D eigenvalue weighted by Gasteiger charge is -2.34. The number of nitro benzene ring substituents is 1. The molecule has 6 nitrogen and oxygen atoms in total. The maximum Gasteiger partial charge on any atom is 0.292 e. The molecule has 1 fully saturated rings. The van der Waals surface area contributed by atoms with Crippen LogP contribution in [0.1, 0.15) is 18.9 Å². The van der Waals surface area contributed by atoms with E-state index in [1.165, 1.54) is 6.07 Å². The highest BCUT2D eigenvalue weighted by atomic mass is 16.6. The van der Waals surface area contributed by atoms with Crippen molar-refractivity contribution in [2.75, 3.05) is 18.8 Å². The van der Waals surface area contributed by atoms with Crippen molar-refractivity contribution in [3.63, 3.8) is 0 Å². The molecular formula is C13H19N3O3. The van der Waals surface area contributed by atoms with Crippen molar-refractivity contribution in [3.8, 4) is 0 Å². The lowest BCUT2D eigenvalue weighted by molar-refractivity contribution is -0.383. The second kappa shape index (κ2) is 5.54. The molecule has 2 unspecified atom stereocenters. The molecule has 0 aromatic heterocycles. The predicted octanol–water partition coefficient (Wildman–Crippen LogP) is 1.38. The van der Waals surface area contributed by atoms with Crippen molar-refractivity contribution in [2.24, 2.45) is 5.92 Å². The average Bonchev–Trinajstić information content (AvgIpc) is 2.33. The first-order valence-corrected chi connectivity index (χ1v) is 6.40. The summed E-state index contributed by atoms with van der Waals surface area (Å²) in [6, 6.07) is 4.85. The summed E-state index contributed by atoms with van der Waals surface area (Å²) in [5.41, 5.74) is 6.79. The molecule has 2 atom stereocenters. The van der Waals surface area contributed by atoms with Crippen LogP contribution >= 0.6 is 0 Å². The number of aliphatic hydroxyl groups excluding tert-OH is 1. The molecular weight excluding hydrogens is 246 g/mol. The van der Waals surface area contributed by atoms with Crippen molar-refractivity contribution in [2.45, 2.75) is 26.0 Å². The number of hydrogen-bond acceptors (Lipinski definition) is 5. The number of piperidine rings is 1. The highest BCUT2D eigenvalue weighted by Crippen LogP contribution is 2.24.